The van der Waals surface area contributed by atoms with Gasteiger partial charge in [-0.1, -0.05) is 18.2 Å². The van der Waals surface area contributed by atoms with Crippen LogP contribution in [0.2, 0.25) is 0 Å². The van der Waals surface area contributed by atoms with Crippen LogP contribution in [0.5, 0.6) is 17.2 Å². The van der Waals surface area contributed by atoms with Gasteiger partial charge in [0.1, 0.15) is 23.2 Å². The summed E-state index contributed by atoms with van der Waals surface area (Å²) in [4.78, 5) is 24.9. The number of ether oxygens (including phenoxy) is 3. The zero-order valence-corrected chi connectivity index (χ0v) is 19.7. The van der Waals surface area contributed by atoms with E-state index in [1.165, 1.54) is 37.5 Å². The van der Waals surface area contributed by atoms with Crippen molar-refractivity contribution in [2.45, 2.75) is 6.92 Å². The molecule has 0 bridgehead atoms. The SMILES string of the molecule is CCOc1cc(/C=C(\C#N)C(=O)Nc2ccc(F)cc2)ccc1OCC(=O)Nc1ccccc1OC. The molecule has 0 saturated carbocycles. The van der Waals surface area contributed by atoms with E-state index in [1.54, 1.807) is 49.4 Å². The average Bonchev–Trinajstić information content (AvgIpc) is 2.88. The van der Waals surface area contributed by atoms with Gasteiger partial charge in [0.25, 0.3) is 11.8 Å². The molecular weight excluding hydrogens is 465 g/mol. The molecule has 9 heteroatoms. The quantitative estimate of drug-likeness (QED) is 0.313. The number of amides is 2. The zero-order valence-electron chi connectivity index (χ0n) is 19.7. The van der Waals surface area contributed by atoms with Crippen molar-refractivity contribution in [3.8, 4) is 23.3 Å². The van der Waals surface area contributed by atoms with E-state index in [0.717, 1.165) is 0 Å². The molecule has 0 saturated heterocycles. The minimum Gasteiger partial charge on any atom is -0.495 e. The van der Waals surface area contributed by atoms with Crippen LogP contribution in [-0.4, -0.2) is 32.1 Å². The molecule has 0 radical (unpaired) electrons. The molecular formula is C27H24FN3O5. The lowest BCUT2D eigenvalue weighted by Crippen LogP contribution is -2.20. The molecule has 0 aliphatic carbocycles. The lowest BCUT2D eigenvalue weighted by atomic mass is 10.1. The summed E-state index contributed by atoms with van der Waals surface area (Å²) >= 11 is 0. The summed E-state index contributed by atoms with van der Waals surface area (Å²) < 4.78 is 29.6. The van der Waals surface area contributed by atoms with Gasteiger partial charge < -0.3 is 24.8 Å². The number of benzene rings is 3. The van der Waals surface area contributed by atoms with Crippen molar-refractivity contribution in [3.63, 3.8) is 0 Å². The van der Waals surface area contributed by atoms with Gasteiger partial charge in [0.15, 0.2) is 18.1 Å². The second-order valence-electron chi connectivity index (χ2n) is 7.31. The minimum absolute atomic E-state index is 0.161. The lowest BCUT2D eigenvalue weighted by molar-refractivity contribution is -0.118. The fraction of sp³-hybridized carbons (Fsp3) is 0.148. The molecule has 0 heterocycles. The van der Waals surface area contributed by atoms with Crippen LogP contribution in [0.3, 0.4) is 0 Å². The van der Waals surface area contributed by atoms with Gasteiger partial charge in [0.2, 0.25) is 0 Å². The van der Waals surface area contributed by atoms with Crippen LogP contribution in [0.15, 0.2) is 72.3 Å². The van der Waals surface area contributed by atoms with Crippen molar-refractivity contribution in [1.29, 1.82) is 5.26 Å². The molecule has 0 spiro atoms. The summed E-state index contributed by atoms with van der Waals surface area (Å²) in [5, 5.41) is 14.7. The predicted octanol–water partition coefficient (Wildman–Crippen LogP) is 4.80. The number of carbonyl (C=O) groups excluding carboxylic acids is 2. The van der Waals surface area contributed by atoms with Gasteiger partial charge in [0.05, 0.1) is 19.4 Å². The van der Waals surface area contributed by atoms with Gasteiger partial charge in [-0.05, 0) is 67.1 Å². The van der Waals surface area contributed by atoms with Crippen molar-refractivity contribution in [2.75, 3.05) is 31.0 Å². The number of para-hydroxylation sites is 2. The summed E-state index contributed by atoms with van der Waals surface area (Å²) in [5.41, 5.74) is 1.22. The summed E-state index contributed by atoms with van der Waals surface area (Å²) in [6, 6.07) is 18.9. The summed E-state index contributed by atoms with van der Waals surface area (Å²) in [6.45, 7) is 1.83. The van der Waals surface area contributed by atoms with Crippen LogP contribution in [0.25, 0.3) is 6.08 Å². The van der Waals surface area contributed by atoms with E-state index in [2.05, 4.69) is 10.6 Å². The number of hydrogen-bond acceptors (Lipinski definition) is 6. The molecule has 0 atom stereocenters. The van der Waals surface area contributed by atoms with Crippen LogP contribution in [0.4, 0.5) is 15.8 Å². The van der Waals surface area contributed by atoms with Crippen LogP contribution in [0, 0.1) is 17.1 Å². The third kappa shape index (κ3) is 7.08. The number of hydrogen-bond donors (Lipinski definition) is 2. The number of nitriles is 1. The largest absolute Gasteiger partial charge is 0.495 e. The highest BCUT2D eigenvalue weighted by Gasteiger charge is 2.13. The predicted molar refractivity (Wildman–Crippen MR) is 133 cm³/mol. The Kier molecular flexibility index (Phi) is 9.00. The molecule has 2 N–H and O–H groups in total. The first-order valence-electron chi connectivity index (χ1n) is 10.9. The number of halogens is 1. The minimum atomic E-state index is -0.643. The molecule has 36 heavy (non-hydrogen) atoms. The zero-order chi connectivity index (χ0) is 25.9. The van der Waals surface area contributed by atoms with Crippen LogP contribution in [-0.2, 0) is 9.59 Å². The first-order valence-corrected chi connectivity index (χ1v) is 10.9. The molecule has 0 aromatic heterocycles. The Morgan fingerprint density at radius 1 is 0.972 bits per heavy atom. The number of nitrogens with one attached hydrogen (secondary N) is 2. The second kappa shape index (κ2) is 12.6. The van der Waals surface area contributed by atoms with Crippen molar-refractivity contribution in [3.05, 3.63) is 83.7 Å². The number of carbonyl (C=O) groups is 2. The molecule has 3 aromatic rings. The molecule has 184 valence electrons. The average molecular weight is 490 g/mol. The molecule has 0 fully saturated rings. The maximum absolute atomic E-state index is 13.1. The van der Waals surface area contributed by atoms with Crippen molar-refractivity contribution < 1.29 is 28.2 Å². The Balaban J connectivity index is 1.71. The molecule has 8 nitrogen and oxygen atoms in total. The highest BCUT2D eigenvalue weighted by Crippen LogP contribution is 2.30. The third-order valence-electron chi connectivity index (χ3n) is 4.79. The number of methoxy groups -OCH3 is 1. The van der Waals surface area contributed by atoms with E-state index in [0.29, 0.717) is 40.8 Å². The number of anilines is 2. The third-order valence-corrected chi connectivity index (χ3v) is 4.79. The Labute approximate surface area is 207 Å². The Morgan fingerprint density at radius 2 is 1.72 bits per heavy atom. The Bertz CT molecular complexity index is 1300. The summed E-state index contributed by atoms with van der Waals surface area (Å²) in [6.07, 6.45) is 1.39. The maximum Gasteiger partial charge on any atom is 0.266 e. The lowest BCUT2D eigenvalue weighted by Gasteiger charge is -2.14. The standard InChI is InChI=1S/C27H24FN3O5/c1-3-35-25-15-18(14-19(16-29)27(33)30-21-11-9-20(28)10-12-21)8-13-24(25)36-17-26(32)31-22-6-4-5-7-23(22)34-2/h4-15H,3,17H2,1-2H3,(H,30,33)(H,31,32)/b19-14+. The van der Waals surface area contributed by atoms with E-state index >= 15 is 0 Å². The molecule has 3 rings (SSSR count). The number of rotatable bonds is 10. The van der Waals surface area contributed by atoms with E-state index in [4.69, 9.17) is 14.2 Å². The van der Waals surface area contributed by atoms with Gasteiger partial charge in [-0.25, -0.2) is 4.39 Å². The van der Waals surface area contributed by atoms with Crippen LogP contribution >= 0.6 is 0 Å². The first-order chi connectivity index (χ1) is 17.4. The smallest absolute Gasteiger partial charge is 0.266 e. The van der Waals surface area contributed by atoms with E-state index in [9.17, 15) is 19.2 Å². The highest BCUT2D eigenvalue weighted by molar-refractivity contribution is 6.09. The summed E-state index contributed by atoms with van der Waals surface area (Å²) in [5.74, 6) is -0.294. The Hall–Kier alpha value is -4.84. The van der Waals surface area contributed by atoms with Crippen LogP contribution < -0.4 is 24.8 Å². The van der Waals surface area contributed by atoms with Crippen molar-refractivity contribution in [2.24, 2.45) is 0 Å². The topological polar surface area (TPSA) is 110 Å². The van der Waals surface area contributed by atoms with E-state index in [-0.39, 0.29) is 12.2 Å². The van der Waals surface area contributed by atoms with Gasteiger partial charge >= 0.3 is 0 Å². The second-order valence-corrected chi connectivity index (χ2v) is 7.31. The van der Waals surface area contributed by atoms with Crippen molar-refractivity contribution in [1.82, 2.24) is 0 Å². The van der Waals surface area contributed by atoms with Gasteiger partial charge in [-0.15, -0.1) is 0 Å². The molecule has 0 unspecified atom stereocenters. The fourth-order valence-electron chi connectivity index (χ4n) is 3.13. The molecule has 3 aromatic carbocycles. The first kappa shape index (κ1) is 25.8. The monoisotopic (exact) mass is 489 g/mol. The highest BCUT2D eigenvalue weighted by atomic mass is 19.1. The summed E-state index contributed by atoms with van der Waals surface area (Å²) in [7, 11) is 1.51. The van der Waals surface area contributed by atoms with Gasteiger partial charge in [-0.3, -0.25) is 9.59 Å². The molecule has 0 aliphatic rings. The molecule has 0 aliphatic heterocycles. The molecule has 2 amide bonds. The van der Waals surface area contributed by atoms with E-state index < -0.39 is 17.6 Å². The van der Waals surface area contributed by atoms with Gasteiger partial charge in [0, 0.05) is 5.69 Å². The van der Waals surface area contributed by atoms with Crippen LogP contribution in [0.1, 0.15) is 12.5 Å². The normalized spacial score (nSPS) is 10.7. The van der Waals surface area contributed by atoms with Crippen molar-refractivity contribution >= 4 is 29.3 Å². The maximum atomic E-state index is 13.1. The van der Waals surface area contributed by atoms with E-state index in [1.807, 2.05) is 6.07 Å². The number of nitrogens with zero attached hydrogens (tertiary/aromatic N) is 1. The fourth-order valence-corrected chi connectivity index (χ4v) is 3.13. The van der Waals surface area contributed by atoms with Gasteiger partial charge in [-0.2, -0.15) is 5.26 Å². The Morgan fingerprint density at radius 3 is 2.42 bits per heavy atom.